The molecule has 0 radical (unpaired) electrons. The molecule has 0 unspecified atom stereocenters. The van der Waals surface area contributed by atoms with Gasteiger partial charge in [-0.05, 0) is 30.2 Å². The molecule has 0 aliphatic rings. The molecule has 1 aromatic carbocycles. The molecule has 0 saturated heterocycles. The van der Waals surface area contributed by atoms with Crippen molar-refractivity contribution in [3.8, 4) is 0 Å². The molecule has 0 aliphatic carbocycles. The van der Waals surface area contributed by atoms with Gasteiger partial charge in [0.05, 0.1) is 6.61 Å². The van der Waals surface area contributed by atoms with Crippen molar-refractivity contribution in [2.45, 2.75) is 13.3 Å². The molecular formula is C12H13ClO2. The number of hydrogen-bond donors (Lipinski definition) is 0. The number of hydrogen-bond acceptors (Lipinski definition) is 2. The maximum absolute atomic E-state index is 11.1. The maximum Gasteiger partial charge on any atom is 0.330 e. The summed E-state index contributed by atoms with van der Waals surface area (Å²) in [5.41, 5.74) is 0.924. The summed E-state index contributed by atoms with van der Waals surface area (Å²) >= 11 is 5.73. The topological polar surface area (TPSA) is 26.3 Å². The lowest BCUT2D eigenvalue weighted by molar-refractivity contribution is -0.137. The average molecular weight is 225 g/mol. The first-order chi connectivity index (χ1) is 7.22. The Morgan fingerprint density at radius 1 is 1.40 bits per heavy atom. The van der Waals surface area contributed by atoms with Crippen molar-refractivity contribution >= 4 is 23.6 Å². The van der Waals surface area contributed by atoms with E-state index in [9.17, 15) is 4.79 Å². The van der Waals surface area contributed by atoms with Crippen LogP contribution in [0.1, 0.15) is 18.9 Å². The summed E-state index contributed by atoms with van der Waals surface area (Å²) in [5, 5.41) is 0.681. The Kier molecular flexibility index (Phi) is 4.91. The van der Waals surface area contributed by atoms with Crippen LogP contribution in [0.3, 0.4) is 0 Å². The Hall–Kier alpha value is -1.28. The predicted molar refractivity (Wildman–Crippen MR) is 61.7 cm³/mol. The van der Waals surface area contributed by atoms with Crippen LogP contribution < -0.4 is 0 Å². The highest BCUT2D eigenvalue weighted by Gasteiger charge is 1.94. The molecule has 0 aromatic heterocycles. The van der Waals surface area contributed by atoms with Gasteiger partial charge in [-0.25, -0.2) is 4.79 Å². The smallest absolute Gasteiger partial charge is 0.330 e. The lowest BCUT2D eigenvalue weighted by Gasteiger charge is -1.97. The number of benzene rings is 1. The van der Waals surface area contributed by atoms with E-state index in [1.54, 1.807) is 18.2 Å². The third-order valence-electron chi connectivity index (χ3n) is 1.73. The van der Waals surface area contributed by atoms with Gasteiger partial charge in [-0.2, -0.15) is 0 Å². The van der Waals surface area contributed by atoms with E-state index in [0.717, 1.165) is 12.0 Å². The highest BCUT2D eigenvalue weighted by molar-refractivity contribution is 6.30. The van der Waals surface area contributed by atoms with Crippen molar-refractivity contribution in [2.75, 3.05) is 6.61 Å². The zero-order valence-corrected chi connectivity index (χ0v) is 9.33. The molecule has 0 aliphatic heterocycles. The molecule has 0 atom stereocenters. The summed E-state index contributed by atoms with van der Waals surface area (Å²) in [7, 11) is 0. The molecule has 1 aromatic rings. The molecule has 1 rings (SSSR count). The quantitative estimate of drug-likeness (QED) is 0.580. The van der Waals surface area contributed by atoms with Crippen molar-refractivity contribution in [1.29, 1.82) is 0 Å². The number of ether oxygens (including phenoxy) is 1. The van der Waals surface area contributed by atoms with Crippen LogP contribution in [0.2, 0.25) is 5.02 Å². The fraction of sp³-hybridized carbons (Fsp3) is 0.250. The van der Waals surface area contributed by atoms with Gasteiger partial charge in [0.25, 0.3) is 0 Å². The zero-order chi connectivity index (χ0) is 11.1. The molecule has 0 bridgehead atoms. The third-order valence-corrected chi connectivity index (χ3v) is 1.98. The van der Waals surface area contributed by atoms with E-state index in [0.29, 0.717) is 11.6 Å². The van der Waals surface area contributed by atoms with E-state index in [2.05, 4.69) is 0 Å². The number of halogens is 1. The van der Waals surface area contributed by atoms with Crippen molar-refractivity contribution in [3.05, 3.63) is 40.9 Å². The normalized spacial score (nSPS) is 10.5. The van der Waals surface area contributed by atoms with E-state index < -0.39 is 0 Å². The Morgan fingerprint density at radius 3 is 2.67 bits per heavy atom. The average Bonchev–Trinajstić information content (AvgIpc) is 2.25. The first-order valence-corrected chi connectivity index (χ1v) is 5.20. The van der Waals surface area contributed by atoms with Gasteiger partial charge in [0.1, 0.15) is 0 Å². The summed E-state index contributed by atoms with van der Waals surface area (Å²) in [6, 6.07) is 7.23. The van der Waals surface area contributed by atoms with Crippen LogP contribution in [-0.2, 0) is 9.53 Å². The first-order valence-electron chi connectivity index (χ1n) is 4.83. The van der Waals surface area contributed by atoms with Crippen molar-refractivity contribution in [3.63, 3.8) is 0 Å². The van der Waals surface area contributed by atoms with Gasteiger partial charge in [0.15, 0.2) is 0 Å². The molecule has 2 nitrogen and oxygen atoms in total. The second-order valence-corrected chi connectivity index (χ2v) is 3.49. The van der Waals surface area contributed by atoms with E-state index in [4.69, 9.17) is 16.3 Å². The molecule has 0 spiro atoms. The van der Waals surface area contributed by atoms with Crippen molar-refractivity contribution < 1.29 is 9.53 Å². The molecular weight excluding hydrogens is 212 g/mol. The van der Waals surface area contributed by atoms with Crippen molar-refractivity contribution in [1.82, 2.24) is 0 Å². The van der Waals surface area contributed by atoms with Gasteiger partial charge in [0.2, 0.25) is 0 Å². The van der Waals surface area contributed by atoms with Crippen LogP contribution in [0, 0.1) is 0 Å². The predicted octanol–water partition coefficient (Wildman–Crippen LogP) is 3.31. The Balaban J connectivity index is 2.50. The summed E-state index contributed by atoms with van der Waals surface area (Å²) in [4.78, 5) is 11.1. The minimum absolute atomic E-state index is 0.313. The van der Waals surface area contributed by atoms with E-state index in [1.165, 1.54) is 6.08 Å². The SMILES string of the molecule is CCCOC(=O)C=Cc1ccc(Cl)cc1. The standard InChI is InChI=1S/C12H13ClO2/c1-2-9-15-12(14)8-5-10-3-6-11(13)7-4-10/h3-8H,2,9H2,1H3. The van der Waals surface area contributed by atoms with E-state index in [1.807, 2.05) is 19.1 Å². The van der Waals surface area contributed by atoms with Crippen LogP contribution in [0.5, 0.6) is 0 Å². The second kappa shape index (κ2) is 6.25. The van der Waals surface area contributed by atoms with Crippen LogP contribution in [0.4, 0.5) is 0 Å². The van der Waals surface area contributed by atoms with Gasteiger partial charge in [0, 0.05) is 11.1 Å². The number of rotatable bonds is 4. The second-order valence-electron chi connectivity index (χ2n) is 3.05. The summed E-state index contributed by atoms with van der Waals surface area (Å²) in [6.07, 6.45) is 3.95. The molecule has 80 valence electrons. The summed E-state index contributed by atoms with van der Waals surface area (Å²) in [6.45, 7) is 2.42. The lowest BCUT2D eigenvalue weighted by Crippen LogP contribution is -2.00. The van der Waals surface area contributed by atoms with Crippen LogP contribution in [-0.4, -0.2) is 12.6 Å². The van der Waals surface area contributed by atoms with Crippen LogP contribution in [0.25, 0.3) is 6.08 Å². The largest absolute Gasteiger partial charge is 0.463 e. The van der Waals surface area contributed by atoms with Gasteiger partial charge in [-0.1, -0.05) is 30.7 Å². The molecule has 0 amide bonds. The van der Waals surface area contributed by atoms with E-state index in [-0.39, 0.29) is 5.97 Å². The van der Waals surface area contributed by atoms with Gasteiger partial charge in [-0.3, -0.25) is 0 Å². The Morgan fingerprint density at radius 2 is 2.07 bits per heavy atom. The van der Waals surface area contributed by atoms with E-state index >= 15 is 0 Å². The van der Waals surface area contributed by atoms with Gasteiger partial charge >= 0.3 is 5.97 Å². The molecule has 0 heterocycles. The van der Waals surface area contributed by atoms with Gasteiger partial charge < -0.3 is 4.74 Å². The lowest BCUT2D eigenvalue weighted by atomic mass is 10.2. The summed E-state index contributed by atoms with van der Waals surface area (Å²) < 4.78 is 4.88. The van der Waals surface area contributed by atoms with Gasteiger partial charge in [-0.15, -0.1) is 0 Å². The fourth-order valence-electron chi connectivity index (χ4n) is 0.989. The molecule has 3 heteroatoms. The first kappa shape index (κ1) is 11.8. The maximum atomic E-state index is 11.1. The van der Waals surface area contributed by atoms with Crippen LogP contribution in [0.15, 0.2) is 30.3 Å². The Bertz CT molecular complexity index is 341. The number of esters is 1. The Labute approximate surface area is 94.5 Å². The zero-order valence-electron chi connectivity index (χ0n) is 8.57. The van der Waals surface area contributed by atoms with Crippen molar-refractivity contribution in [2.24, 2.45) is 0 Å². The fourth-order valence-corrected chi connectivity index (χ4v) is 1.11. The third kappa shape index (κ3) is 4.66. The minimum Gasteiger partial charge on any atom is -0.463 e. The monoisotopic (exact) mass is 224 g/mol. The molecule has 15 heavy (non-hydrogen) atoms. The molecule has 0 N–H and O–H groups in total. The highest BCUT2D eigenvalue weighted by atomic mass is 35.5. The molecule has 0 fully saturated rings. The highest BCUT2D eigenvalue weighted by Crippen LogP contribution is 2.10. The number of carbonyl (C=O) groups is 1. The molecule has 0 saturated carbocycles. The number of carbonyl (C=O) groups excluding carboxylic acids is 1. The van der Waals surface area contributed by atoms with Crippen LogP contribution >= 0.6 is 11.6 Å². The summed E-state index contributed by atoms with van der Waals surface area (Å²) in [5.74, 6) is -0.313. The minimum atomic E-state index is -0.313.